The third-order valence-corrected chi connectivity index (χ3v) is 8.12. The Labute approximate surface area is 197 Å². The second-order valence-corrected chi connectivity index (χ2v) is 10.7. The van der Waals surface area contributed by atoms with Crippen molar-refractivity contribution in [2.24, 2.45) is 5.92 Å². The molecule has 4 rings (SSSR count). The number of amides is 1. The largest absolute Gasteiger partial charge is 0.326 e. The smallest absolute Gasteiger partial charge is 0.236 e. The summed E-state index contributed by atoms with van der Waals surface area (Å²) in [5.74, 6) is -0.207. The average molecular weight is 468 g/mol. The maximum absolute atomic E-state index is 12.7. The van der Waals surface area contributed by atoms with Crippen LogP contribution in [0.25, 0.3) is 6.08 Å². The minimum Gasteiger partial charge on any atom is -0.326 e. The van der Waals surface area contributed by atoms with E-state index >= 15 is 0 Å². The van der Waals surface area contributed by atoms with E-state index in [0.717, 1.165) is 24.2 Å². The molecule has 2 aromatic carbocycles. The number of piperidine rings is 1. The highest BCUT2D eigenvalue weighted by Crippen LogP contribution is 2.23. The Balaban J connectivity index is 1.24. The first-order chi connectivity index (χ1) is 16.0. The first kappa shape index (κ1) is 23.7. The molecule has 0 radical (unpaired) electrons. The Kier molecular flexibility index (Phi) is 7.96. The van der Waals surface area contributed by atoms with E-state index in [1.54, 1.807) is 6.08 Å². The molecule has 2 fully saturated rings. The lowest BCUT2D eigenvalue weighted by Crippen LogP contribution is -2.40. The second kappa shape index (κ2) is 11.1. The van der Waals surface area contributed by atoms with Gasteiger partial charge >= 0.3 is 0 Å². The van der Waals surface area contributed by atoms with Gasteiger partial charge < -0.3 is 10.2 Å². The van der Waals surface area contributed by atoms with Crippen LogP contribution in [0.4, 0.5) is 5.69 Å². The van der Waals surface area contributed by atoms with E-state index in [-0.39, 0.29) is 11.8 Å². The maximum atomic E-state index is 12.7. The molecular weight excluding hydrogens is 434 g/mol. The lowest BCUT2D eigenvalue weighted by Gasteiger charge is -2.29. The van der Waals surface area contributed by atoms with Crippen molar-refractivity contribution in [2.75, 3.05) is 38.0 Å². The number of rotatable bonds is 8. The third kappa shape index (κ3) is 6.76. The predicted octanol–water partition coefficient (Wildman–Crippen LogP) is 3.98. The van der Waals surface area contributed by atoms with Gasteiger partial charge in [-0.1, -0.05) is 42.5 Å². The Morgan fingerprint density at radius 3 is 2.27 bits per heavy atom. The summed E-state index contributed by atoms with van der Waals surface area (Å²) in [7, 11) is -3.49. The van der Waals surface area contributed by atoms with Crippen molar-refractivity contribution in [1.82, 2.24) is 9.21 Å². The molecule has 2 aliphatic rings. The van der Waals surface area contributed by atoms with Crippen molar-refractivity contribution in [2.45, 2.75) is 32.1 Å². The summed E-state index contributed by atoms with van der Waals surface area (Å²) in [6.07, 6.45) is 6.31. The lowest BCUT2D eigenvalue weighted by molar-refractivity contribution is -0.120. The average Bonchev–Trinajstić information content (AvgIpc) is 3.37. The summed E-state index contributed by atoms with van der Waals surface area (Å²) >= 11 is 0. The SMILES string of the molecule is O=C(Nc1ccc(CCN2CCCC2)cc1)C1CCN(S(=O)(=O)/C=C/c2ccccc2)CC1. The van der Waals surface area contributed by atoms with Crippen molar-refractivity contribution in [3.8, 4) is 0 Å². The number of anilines is 1. The topological polar surface area (TPSA) is 69.7 Å². The van der Waals surface area contributed by atoms with Crippen molar-refractivity contribution < 1.29 is 13.2 Å². The Morgan fingerprint density at radius 1 is 0.939 bits per heavy atom. The van der Waals surface area contributed by atoms with Gasteiger partial charge in [0, 0.05) is 36.6 Å². The molecule has 0 bridgehead atoms. The number of nitrogens with zero attached hydrogens (tertiary/aromatic N) is 2. The summed E-state index contributed by atoms with van der Waals surface area (Å²) in [6.45, 7) is 4.22. The van der Waals surface area contributed by atoms with Crippen LogP contribution in [-0.2, 0) is 21.2 Å². The van der Waals surface area contributed by atoms with Crippen molar-refractivity contribution in [1.29, 1.82) is 0 Å². The van der Waals surface area contributed by atoms with Gasteiger partial charge in [-0.25, -0.2) is 8.42 Å². The normalized spacial score (nSPS) is 18.7. The molecule has 0 aliphatic carbocycles. The Bertz CT molecular complexity index is 1040. The fourth-order valence-electron chi connectivity index (χ4n) is 4.48. The fourth-order valence-corrected chi connectivity index (χ4v) is 5.70. The molecule has 33 heavy (non-hydrogen) atoms. The van der Waals surface area contributed by atoms with E-state index in [9.17, 15) is 13.2 Å². The molecule has 176 valence electrons. The van der Waals surface area contributed by atoms with Crippen LogP contribution in [0.15, 0.2) is 60.0 Å². The van der Waals surface area contributed by atoms with Gasteiger partial charge in [-0.05, 0) is 74.5 Å². The predicted molar refractivity (Wildman–Crippen MR) is 133 cm³/mol. The monoisotopic (exact) mass is 467 g/mol. The van der Waals surface area contributed by atoms with E-state index in [0.29, 0.717) is 25.9 Å². The molecule has 0 atom stereocenters. The van der Waals surface area contributed by atoms with Gasteiger partial charge in [0.1, 0.15) is 0 Å². The van der Waals surface area contributed by atoms with Gasteiger partial charge in [0.05, 0.1) is 0 Å². The van der Waals surface area contributed by atoms with Gasteiger partial charge in [0.15, 0.2) is 0 Å². The van der Waals surface area contributed by atoms with Crippen LogP contribution < -0.4 is 5.32 Å². The molecule has 6 nitrogen and oxygen atoms in total. The summed E-state index contributed by atoms with van der Waals surface area (Å²) in [6, 6.07) is 17.5. The summed E-state index contributed by atoms with van der Waals surface area (Å²) in [5, 5.41) is 4.26. The molecule has 1 amide bonds. The summed E-state index contributed by atoms with van der Waals surface area (Å²) < 4.78 is 26.7. The first-order valence-corrected chi connectivity index (χ1v) is 13.4. The molecule has 7 heteroatoms. The highest BCUT2D eigenvalue weighted by molar-refractivity contribution is 7.92. The van der Waals surface area contributed by atoms with Gasteiger partial charge in [0.2, 0.25) is 15.9 Å². The van der Waals surface area contributed by atoms with Crippen molar-refractivity contribution in [3.63, 3.8) is 0 Å². The van der Waals surface area contributed by atoms with Crippen LogP contribution in [0.5, 0.6) is 0 Å². The summed E-state index contributed by atoms with van der Waals surface area (Å²) in [5.41, 5.74) is 2.92. The van der Waals surface area contributed by atoms with E-state index in [2.05, 4.69) is 22.3 Å². The number of sulfonamides is 1. The first-order valence-electron chi connectivity index (χ1n) is 11.8. The summed E-state index contributed by atoms with van der Waals surface area (Å²) in [4.78, 5) is 15.2. The molecule has 0 saturated carbocycles. The molecular formula is C26H33N3O3S. The Hall–Kier alpha value is -2.48. The number of carbonyl (C=O) groups excluding carboxylic acids is 1. The van der Waals surface area contributed by atoms with Crippen molar-refractivity contribution in [3.05, 3.63) is 71.1 Å². The number of benzene rings is 2. The van der Waals surface area contributed by atoms with Gasteiger partial charge in [-0.15, -0.1) is 0 Å². The number of nitrogens with one attached hydrogen (secondary N) is 1. The van der Waals surface area contributed by atoms with Crippen LogP contribution in [0.2, 0.25) is 0 Å². The lowest BCUT2D eigenvalue weighted by atomic mass is 9.97. The molecule has 2 heterocycles. The minimum absolute atomic E-state index is 0.0308. The third-order valence-electron chi connectivity index (χ3n) is 6.55. The van der Waals surface area contributed by atoms with E-state index < -0.39 is 10.0 Å². The highest BCUT2D eigenvalue weighted by atomic mass is 32.2. The number of likely N-dealkylation sites (tertiary alicyclic amines) is 1. The van der Waals surface area contributed by atoms with Crippen LogP contribution in [0, 0.1) is 5.92 Å². The van der Waals surface area contributed by atoms with Crippen LogP contribution in [0.1, 0.15) is 36.8 Å². The van der Waals surface area contributed by atoms with Crippen LogP contribution in [0.3, 0.4) is 0 Å². The minimum atomic E-state index is -3.49. The zero-order valence-electron chi connectivity index (χ0n) is 19.0. The zero-order valence-corrected chi connectivity index (χ0v) is 19.8. The molecule has 1 N–H and O–H groups in total. The van der Waals surface area contributed by atoms with Crippen LogP contribution >= 0.6 is 0 Å². The van der Waals surface area contributed by atoms with E-state index in [1.807, 2.05) is 42.5 Å². The number of hydrogen-bond donors (Lipinski definition) is 1. The Morgan fingerprint density at radius 2 is 1.61 bits per heavy atom. The fraction of sp³-hybridized carbons (Fsp3) is 0.423. The van der Waals surface area contributed by atoms with E-state index in [1.165, 1.54) is 41.2 Å². The van der Waals surface area contributed by atoms with Crippen molar-refractivity contribution >= 4 is 27.7 Å². The molecule has 0 spiro atoms. The number of carbonyl (C=O) groups is 1. The standard InChI is InChI=1S/C26H33N3O3S/c30-26(27-25-10-8-23(9-11-25)12-18-28-16-4-5-17-28)24-13-19-29(20-14-24)33(31,32)21-15-22-6-2-1-3-7-22/h1-3,6-11,15,21,24H,4-5,12-14,16-20H2,(H,27,30)/b21-15+. The molecule has 0 unspecified atom stereocenters. The second-order valence-electron chi connectivity index (χ2n) is 8.92. The number of hydrogen-bond acceptors (Lipinski definition) is 4. The van der Waals surface area contributed by atoms with E-state index in [4.69, 9.17) is 0 Å². The van der Waals surface area contributed by atoms with Crippen LogP contribution in [-0.4, -0.2) is 56.3 Å². The van der Waals surface area contributed by atoms with Gasteiger partial charge in [-0.2, -0.15) is 4.31 Å². The zero-order chi connectivity index (χ0) is 23.1. The highest BCUT2D eigenvalue weighted by Gasteiger charge is 2.30. The molecule has 2 saturated heterocycles. The molecule has 2 aliphatic heterocycles. The van der Waals surface area contributed by atoms with Gasteiger partial charge in [0.25, 0.3) is 0 Å². The molecule has 0 aromatic heterocycles. The maximum Gasteiger partial charge on any atom is 0.236 e. The van der Waals surface area contributed by atoms with Gasteiger partial charge in [-0.3, -0.25) is 4.79 Å². The molecule has 2 aromatic rings. The quantitative estimate of drug-likeness (QED) is 0.638.